The van der Waals surface area contributed by atoms with Crippen LogP contribution in [0.2, 0.25) is 0 Å². The van der Waals surface area contributed by atoms with Crippen LogP contribution in [0.5, 0.6) is 0 Å². The number of hydrogen-bond acceptors (Lipinski definition) is 5. The van der Waals surface area contributed by atoms with E-state index < -0.39 is 5.25 Å². The highest BCUT2D eigenvalue weighted by Gasteiger charge is 2.25. The molecule has 0 saturated carbocycles. The van der Waals surface area contributed by atoms with Gasteiger partial charge in [0.2, 0.25) is 11.1 Å². The molecule has 0 radical (unpaired) electrons. The van der Waals surface area contributed by atoms with Gasteiger partial charge in [-0.05, 0) is 18.6 Å². The van der Waals surface area contributed by atoms with Crippen molar-refractivity contribution in [2.75, 3.05) is 14.1 Å². The standard InChI is InChI=1S/C21H21N5OS/c1-4-26-16-13-9-8-12-15(16)17-19(26)22-21(24-23-17)28-18(20(27)25(2)3)14-10-6-5-7-11-14/h5-13,18H,4H2,1-3H3/t18-/m1/s1. The molecule has 4 rings (SSSR count). The van der Waals surface area contributed by atoms with Gasteiger partial charge in [-0.15, -0.1) is 10.2 Å². The van der Waals surface area contributed by atoms with E-state index in [1.807, 2.05) is 48.5 Å². The Labute approximate surface area is 167 Å². The Morgan fingerprint density at radius 1 is 1.07 bits per heavy atom. The van der Waals surface area contributed by atoms with Gasteiger partial charge in [-0.2, -0.15) is 0 Å². The molecule has 0 aliphatic rings. The van der Waals surface area contributed by atoms with Gasteiger partial charge >= 0.3 is 0 Å². The van der Waals surface area contributed by atoms with Gasteiger partial charge in [-0.1, -0.05) is 60.3 Å². The van der Waals surface area contributed by atoms with E-state index in [0.717, 1.165) is 34.2 Å². The minimum Gasteiger partial charge on any atom is -0.348 e. The summed E-state index contributed by atoms with van der Waals surface area (Å²) in [4.78, 5) is 19.2. The lowest BCUT2D eigenvalue weighted by Crippen LogP contribution is -2.26. The predicted molar refractivity (Wildman–Crippen MR) is 112 cm³/mol. The van der Waals surface area contributed by atoms with Crippen LogP contribution in [0, 0.1) is 0 Å². The Bertz CT molecular complexity index is 1140. The number of rotatable bonds is 5. The van der Waals surface area contributed by atoms with E-state index in [-0.39, 0.29) is 5.91 Å². The van der Waals surface area contributed by atoms with Crippen molar-refractivity contribution in [3.63, 3.8) is 0 Å². The number of benzene rings is 2. The van der Waals surface area contributed by atoms with E-state index in [1.54, 1.807) is 19.0 Å². The number of thioether (sulfide) groups is 1. The third kappa shape index (κ3) is 3.22. The number of aryl methyl sites for hydroxylation is 1. The largest absolute Gasteiger partial charge is 0.348 e. The molecule has 142 valence electrons. The number of aromatic nitrogens is 4. The number of hydrogen-bond donors (Lipinski definition) is 0. The Hall–Kier alpha value is -2.93. The number of fused-ring (bicyclic) bond motifs is 3. The summed E-state index contributed by atoms with van der Waals surface area (Å²) in [7, 11) is 3.52. The normalized spacial score (nSPS) is 12.4. The second-order valence-corrected chi connectivity index (χ2v) is 7.74. The number of likely N-dealkylation sites (N-methyl/N-ethyl adjacent to an activating group) is 1. The third-order valence-corrected chi connectivity index (χ3v) is 5.75. The first kappa shape index (κ1) is 18.4. The molecule has 1 amide bonds. The first-order chi connectivity index (χ1) is 13.6. The van der Waals surface area contributed by atoms with Crippen LogP contribution < -0.4 is 0 Å². The minimum atomic E-state index is -0.421. The lowest BCUT2D eigenvalue weighted by atomic mass is 10.1. The zero-order valence-corrected chi connectivity index (χ0v) is 16.8. The minimum absolute atomic E-state index is 0.00377. The topological polar surface area (TPSA) is 63.9 Å². The molecule has 0 spiro atoms. The molecular weight excluding hydrogens is 370 g/mol. The molecule has 6 nitrogen and oxygen atoms in total. The molecule has 0 aliphatic carbocycles. The molecular formula is C21H21N5OS. The molecule has 0 bridgehead atoms. The van der Waals surface area contributed by atoms with Crippen molar-refractivity contribution >= 4 is 39.7 Å². The SMILES string of the molecule is CCn1c2ccccc2c2nnc(S[C@@H](C(=O)N(C)C)c3ccccc3)nc21. The number of carbonyl (C=O) groups is 1. The fourth-order valence-electron chi connectivity index (χ4n) is 3.29. The van der Waals surface area contributed by atoms with Gasteiger partial charge in [0, 0.05) is 26.0 Å². The van der Waals surface area contributed by atoms with Crippen molar-refractivity contribution in [2.45, 2.75) is 23.9 Å². The summed E-state index contributed by atoms with van der Waals surface area (Å²) < 4.78 is 2.13. The maximum Gasteiger partial charge on any atom is 0.240 e. The molecule has 28 heavy (non-hydrogen) atoms. The summed E-state index contributed by atoms with van der Waals surface area (Å²) in [6, 6.07) is 17.8. The Kier molecular flexibility index (Phi) is 5.00. The van der Waals surface area contributed by atoms with Gasteiger partial charge in [-0.3, -0.25) is 4.79 Å². The van der Waals surface area contributed by atoms with E-state index in [2.05, 4.69) is 27.8 Å². The zero-order chi connectivity index (χ0) is 19.7. The smallest absolute Gasteiger partial charge is 0.240 e. The van der Waals surface area contributed by atoms with Crippen LogP contribution in [0.3, 0.4) is 0 Å². The van der Waals surface area contributed by atoms with Gasteiger partial charge in [0.15, 0.2) is 5.65 Å². The van der Waals surface area contributed by atoms with Gasteiger partial charge in [0.1, 0.15) is 10.8 Å². The molecule has 0 saturated heterocycles. The molecule has 2 aromatic heterocycles. The van der Waals surface area contributed by atoms with Crippen molar-refractivity contribution in [1.29, 1.82) is 0 Å². The second-order valence-electron chi connectivity index (χ2n) is 6.67. The Morgan fingerprint density at radius 3 is 2.50 bits per heavy atom. The molecule has 0 aliphatic heterocycles. The first-order valence-electron chi connectivity index (χ1n) is 9.14. The number of amides is 1. The van der Waals surface area contributed by atoms with E-state index in [9.17, 15) is 4.79 Å². The molecule has 1 atom stereocenters. The van der Waals surface area contributed by atoms with E-state index in [4.69, 9.17) is 4.98 Å². The van der Waals surface area contributed by atoms with E-state index in [1.165, 1.54) is 11.8 Å². The van der Waals surface area contributed by atoms with E-state index >= 15 is 0 Å². The summed E-state index contributed by atoms with van der Waals surface area (Å²) in [6.07, 6.45) is 0. The van der Waals surface area contributed by atoms with Crippen LogP contribution in [0.25, 0.3) is 22.1 Å². The van der Waals surface area contributed by atoms with Gasteiger partial charge in [0.05, 0.1) is 5.52 Å². The molecule has 0 fully saturated rings. The fourth-order valence-corrected chi connectivity index (χ4v) is 4.33. The van der Waals surface area contributed by atoms with Crippen LogP contribution in [-0.2, 0) is 11.3 Å². The number of nitrogens with zero attached hydrogens (tertiary/aromatic N) is 5. The average molecular weight is 392 g/mol. The summed E-state index contributed by atoms with van der Waals surface area (Å²) in [5, 5.41) is 9.89. The zero-order valence-electron chi connectivity index (χ0n) is 16.0. The lowest BCUT2D eigenvalue weighted by molar-refractivity contribution is -0.128. The van der Waals surface area contributed by atoms with Gasteiger partial charge < -0.3 is 9.47 Å². The fraction of sp³-hybridized carbons (Fsp3) is 0.238. The maximum absolute atomic E-state index is 12.8. The quantitative estimate of drug-likeness (QED) is 0.483. The van der Waals surface area contributed by atoms with Crippen LogP contribution in [-0.4, -0.2) is 44.7 Å². The van der Waals surface area contributed by atoms with Crippen molar-refractivity contribution in [1.82, 2.24) is 24.6 Å². The summed E-state index contributed by atoms with van der Waals surface area (Å²) in [6.45, 7) is 2.87. The third-order valence-electron chi connectivity index (χ3n) is 4.66. The maximum atomic E-state index is 12.8. The monoisotopic (exact) mass is 391 g/mol. The molecule has 4 aromatic rings. The summed E-state index contributed by atoms with van der Waals surface area (Å²) in [5.41, 5.74) is 3.60. The van der Waals surface area contributed by atoms with Gasteiger partial charge in [-0.25, -0.2) is 4.98 Å². The highest BCUT2D eigenvalue weighted by Crippen LogP contribution is 2.35. The second kappa shape index (κ2) is 7.59. The molecule has 0 unspecified atom stereocenters. The highest BCUT2D eigenvalue weighted by molar-refractivity contribution is 8.00. The molecule has 2 heterocycles. The molecule has 0 N–H and O–H groups in total. The van der Waals surface area contributed by atoms with Crippen LogP contribution in [0.1, 0.15) is 17.7 Å². The van der Waals surface area contributed by atoms with Crippen molar-refractivity contribution in [2.24, 2.45) is 0 Å². The molecule has 2 aromatic carbocycles. The van der Waals surface area contributed by atoms with Crippen LogP contribution >= 0.6 is 11.8 Å². The van der Waals surface area contributed by atoms with Crippen molar-refractivity contribution in [3.8, 4) is 0 Å². The average Bonchev–Trinajstić information content (AvgIpc) is 3.05. The number of carbonyl (C=O) groups excluding carboxylic acids is 1. The highest BCUT2D eigenvalue weighted by atomic mass is 32.2. The lowest BCUT2D eigenvalue weighted by Gasteiger charge is -2.19. The summed E-state index contributed by atoms with van der Waals surface area (Å²) in [5.74, 6) is -0.00377. The van der Waals surface area contributed by atoms with Gasteiger partial charge in [0.25, 0.3) is 0 Å². The van der Waals surface area contributed by atoms with E-state index in [0.29, 0.717) is 5.16 Å². The van der Waals surface area contributed by atoms with Crippen molar-refractivity contribution in [3.05, 3.63) is 60.2 Å². The Balaban J connectivity index is 1.79. The number of para-hydroxylation sites is 1. The summed E-state index contributed by atoms with van der Waals surface area (Å²) >= 11 is 1.33. The predicted octanol–water partition coefficient (Wildman–Crippen LogP) is 3.92. The first-order valence-corrected chi connectivity index (χ1v) is 10.0. The van der Waals surface area contributed by atoms with Crippen LogP contribution in [0.4, 0.5) is 0 Å². The van der Waals surface area contributed by atoms with Crippen molar-refractivity contribution < 1.29 is 4.79 Å². The Morgan fingerprint density at radius 2 is 1.79 bits per heavy atom. The van der Waals surface area contributed by atoms with Crippen LogP contribution in [0.15, 0.2) is 59.8 Å². The molecule has 7 heteroatoms.